The van der Waals surface area contributed by atoms with E-state index in [1.54, 1.807) is 0 Å². The van der Waals surface area contributed by atoms with Crippen LogP contribution in [-0.4, -0.2) is 9.52 Å². The Bertz CT molecular complexity index is 582. The molecule has 0 saturated heterocycles. The molecular weight excluding hydrogens is 220 g/mol. The molecule has 3 rings (SSSR count). The maximum atomic E-state index is 2.40. The lowest BCUT2D eigenvalue weighted by Gasteiger charge is -2.21. The summed E-state index contributed by atoms with van der Waals surface area (Å²) in [6.45, 7) is 6.91. The Hall–Kier alpha value is -1.34. The van der Waals surface area contributed by atoms with Gasteiger partial charge in [-0.3, -0.25) is 0 Å². The molecule has 84 valence electrons. The van der Waals surface area contributed by atoms with E-state index >= 15 is 0 Å². The van der Waals surface area contributed by atoms with Crippen LogP contribution in [0.25, 0.3) is 11.1 Å². The molecule has 2 aromatic rings. The van der Waals surface area contributed by atoms with E-state index in [0.29, 0.717) is 0 Å². The molecule has 2 aromatic carbocycles. The van der Waals surface area contributed by atoms with Crippen LogP contribution < -0.4 is 5.19 Å². The van der Waals surface area contributed by atoms with Crippen molar-refractivity contribution in [1.82, 2.24) is 0 Å². The second-order valence-corrected chi connectivity index (χ2v) is 6.26. The fraction of sp³-hybridized carbons (Fsp3) is 0.250. The van der Waals surface area contributed by atoms with Crippen molar-refractivity contribution in [2.75, 3.05) is 0 Å². The van der Waals surface area contributed by atoms with Crippen LogP contribution >= 0.6 is 0 Å². The molecule has 0 nitrogen and oxygen atoms in total. The molecule has 0 heterocycles. The van der Waals surface area contributed by atoms with E-state index in [4.69, 9.17) is 0 Å². The highest BCUT2D eigenvalue weighted by Crippen LogP contribution is 2.47. The van der Waals surface area contributed by atoms with Gasteiger partial charge in [0.1, 0.15) is 0 Å². The Morgan fingerprint density at radius 1 is 0.882 bits per heavy atom. The van der Waals surface area contributed by atoms with Crippen molar-refractivity contribution >= 4 is 14.7 Å². The average Bonchev–Trinajstić information content (AvgIpc) is 2.59. The molecule has 0 saturated carbocycles. The van der Waals surface area contributed by atoms with Gasteiger partial charge in [0, 0.05) is 5.41 Å². The zero-order chi connectivity index (χ0) is 12.0. The molecule has 0 spiro atoms. The van der Waals surface area contributed by atoms with E-state index in [-0.39, 0.29) is 5.41 Å². The molecule has 1 aliphatic rings. The number of hydrogen-bond acceptors (Lipinski definition) is 0. The summed E-state index contributed by atoms with van der Waals surface area (Å²) in [6, 6.07) is 15.8. The highest BCUT2D eigenvalue weighted by molar-refractivity contribution is 6.52. The summed E-state index contributed by atoms with van der Waals surface area (Å²) in [7, 11) is 0.876. The third-order valence-corrected chi connectivity index (χ3v) is 4.76. The molecular formula is C16H16Si. The third kappa shape index (κ3) is 1.42. The molecule has 0 atom stereocenters. The Labute approximate surface area is 106 Å². The Balaban J connectivity index is 2.32. The van der Waals surface area contributed by atoms with Crippen LogP contribution in [0, 0.1) is 0 Å². The van der Waals surface area contributed by atoms with Gasteiger partial charge in [-0.1, -0.05) is 68.0 Å². The topological polar surface area (TPSA) is 0 Å². The van der Waals surface area contributed by atoms with Gasteiger partial charge in [0.05, 0.1) is 9.52 Å². The minimum absolute atomic E-state index is 0.154. The summed E-state index contributed by atoms with van der Waals surface area (Å²) in [5.74, 6) is 0. The van der Waals surface area contributed by atoms with Crippen LogP contribution in [0.2, 0.25) is 6.55 Å². The fourth-order valence-electron chi connectivity index (χ4n) is 2.86. The van der Waals surface area contributed by atoms with Gasteiger partial charge in [-0.2, -0.15) is 0 Å². The normalized spacial score (nSPS) is 15.5. The SMILES string of the molecule is C[Si]c1ccc2c(c1)C(C)(C)c1ccccc1-2. The summed E-state index contributed by atoms with van der Waals surface area (Å²) in [4.78, 5) is 0. The van der Waals surface area contributed by atoms with E-state index in [1.807, 2.05) is 0 Å². The summed E-state index contributed by atoms with van der Waals surface area (Å²) in [5.41, 5.74) is 5.95. The molecule has 0 fully saturated rings. The van der Waals surface area contributed by atoms with Crippen molar-refractivity contribution in [3.63, 3.8) is 0 Å². The lowest BCUT2D eigenvalue weighted by Crippen LogP contribution is -2.19. The van der Waals surface area contributed by atoms with Crippen LogP contribution in [0.1, 0.15) is 25.0 Å². The van der Waals surface area contributed by atoms with E-state index < -0.39 is 0 Å². The lowest BCUT2D eigenvalue weighted by atomic mass is 9.82. The summed E-state index contributed by atoms with van der Waals surface area (Å²) >= 11 is 0. The number of benzene rings is 2. The summed E-state index contributed by atoms with van der Waals surface area (Å²) in [6.07, 6.45) is 0. The van der Waals surface area contributed by atoms with Crippen molar-refractivity contribution in [1.29, 1.82) is 0 Å². The van der Waals surface area contributed by atoms with Crippen molar-refractivity contribution in [3.05, 3.63) is 53.6 Å². The van der Waals surface area contributed by atoms with E-state index in [0.717, 1.165) is 9.52 Å². The molecule has 0 aliphatic heterocycles. The standard InChI is InChI=1S/C16H16Si/c1-16(2)14-7-5-4-6-12(14)13-9-8-11(17-3)10-15(13)16/h4-10H,1-3H3. The van der Waals surface area contributed by atoms with Gasteiger partial charge >= 0.3 is 0 Å². The van der Waals surface area contributed by atoms with Crippen molar-refractivity contribution in [2.45, 2.75) is 25.8 Å². The third-order valence-electron chi connectivity index (χ3n) is 3.87. The van der Waals surface area contributed by atoms with Gasteiger partial charge in [-0.25, -0.2) is 0 Å². The van der Waals surface area contributed by atoms with Crippen LogP contribution in [0.5, 0.6) is 0 Å². The molecule has 0 aromatic heterocycles. The van der Waals surface area contributed by atoms with Crippen LogP contribution in [0.3, 0.4) is 0 Å². The Morgan fingerprint density at radius 3 is 2.35 bits per heavy atom. The first-order valence-corrected chi connectivity index (χ1v) is 7.57. The van der Waals surface area contributed by atoms with Crippen LogP contribution in [0.15, 0.2) is 42.5 Å². The zero-order valence-corrected chi connectivity index (χ0v) is 11.5. The quantitative estimate of drug-likeness (QED) is 0.666. The molecule has 0 bridgehead atoms. The molecule has 0 N–H and O–H groups in total. The second-order valence-electron chi connectivity index (χ2n) is 5.18. The molecule has 0 unspecified atom stereocenters. The first kappa shape index (κ1) is 10.8. The van der Waals surface area contributed by atoms with Gasteiger partial charge in [0.15, 0.2) is 0 Å². The maximum absolute atomic E-state index is 2.40. The molecule has 2 radical (unpaired) electrons. The second kappa shape index (κ2) is 3.57. The van der Waals surface area contributed by atoms with E-state index in [2.05, 4.69) is 62.9 Å². The van der Waals surface area contributed by atoms with Crippen molar-refractivity contribution < 1.29 is 0 Å². The Morgan fingerprint density at radius 2 is 1.59 bits per heavy atom. The van der Waals surface area contributed by atoms with Crippen molar-refractivity contribution in [3.8, 4) is 11.1 Å². The monoisotopic (exact) mass is 236 g/mol. The minimum Gasteiger partial charge on any atom is -0.0688 e. The highest BCUT2D eigenvalue weighted by Gasteiger charge is 2.34. The van der Waals surface area contributed by atoms with Crippen molar-refractivity contribution in [2.24, 2.45) is 0 Å². The first-order valence-electron chi connectivity index (χ1n) is 6.07. The molecule has 1 heteroatoms. The predicted octanol–water partition coefficient (Wildman–Crippen LogP) is 3.37. The number of fused-ring (bicyclic) bond motifs is 3. The molecule has 1 aliphatic carbocycles. The number of rotatable bonds is 1. The van der Waals surface area contributed by atoms with Gasteiger partial charge in [0.2, 0.25) is 0 Å². The van der Waals surface area contributed by atoms with Gasteiger partial charge in [-0.15, -0.1) is 0 Å². The highest BCUT2D eigenvalue weighted by atomic mass is 28.2. The average molecular weight is 236 g/mol. The molecule has 0 amide bonds. The number of hydrogen-bond donors (Lipinski definition) is 0. The largest absolute Gasteiger partial charge is 0.0773 e. The predicted molar refractivity (Wildman–Crippen MR) is 75.3 cm³/mol. The van der Waals surface area contributed by atoms with E-state index in [1.165, 1.54) is 27.4 Å². The fourth-order valence-corrected chi connectivity index (χ4v) is 3.40. The van der Waals surface area contributed by atoms with Gasteiger partial charge in [-0.05, 0) is 22.3 Å². The lowest BCUT2D eigenvalue weighted by molar-refractivity contribution is 0.661. The minimum atomic E-state index is 0.154. The zero-order valence-electron chi connectivity index (χ0n) is 10.5. The Kier molecular flexibility index (Phi) is 2.27. The first-order chi connectivity index (χ1) is 8.14. The summed E-state index contributed by atoms with van der Waals surface area (Å²) < 4.78 is 0. The smallest absolute Gasteiger partial charge is 0.0688 e. The van der Waals surface area contributed by atoms with Crippen LogP contribution in [0.4, 0.5) is 0 Å². The van der Waals surface area contributed by atoms with Gasteiger partial charge < -0.3 is 0 Å². The maximum Gasteiger partial charge on any atom is 0.0773 e. The van der Waals surface area contributed by atoms with Crippen LogP contribution in [-0.2, 0) is 5.41 Å². The summed E-state index contributed by atoms with van der Waals surface area (Å²) in [5, 5.41) is 1.46. The molecule has 17 heavy (non-hydrogen) atoms. The van der Waals surface area contributed by atoms with E-state index in [9.17, 15) is 0 Å². The van der Waals surface area contributed by atoms with Gasteiger partial charge in [0.25, 0.3) is 0 Å².